The van der Waals surface area contributed by atoms with E-state index < -0.39 is 5.76 Å². The lowest BCUT2D eigenvalue weighted by atomic mass is 10.2. The molecule has 2 aromatic carbocycles. The molecule has 28 heavy (non-hydrogen) atoms. The van der Waals surface area contributed by atoms with Crippen LogP contribution in [0.15, 0.2) is 66.6 Å². The number of halogens is 1. The number of hydrogen-bond donors (Lipinski definition) is 1. The van der Waals surface area contributed by atoms with E-state index >= 15 is 0 Å². The minimum absolute atomic E-state index is 0.167. The van der Waals surface area contributed by atoms with E-state index in [2.05, 4.69) is 31.4 Å². The van der Waals surface area contributed by atoms with E-state index in [0.717, 1.165) is 14.6 Å². The van der Waals surface area contributed by atoms with Crippen LogP contribution in [0.3, 0.4) is 0 Å². The van der Waals surface area contributed by atoms with Gasteiger partial charge in [-0.25, -0.2) is 4.79 Å². The fraction of sp³-hybridized carbons (Fsp3) is 0.111. The number of carbonyl (C=O) groups is 1. The van der Waals surface area contributed by atoms with Crippen molar-refractivity contribution in [3.05, 3.63) is 69.1 Å². The Labute approximate surface area is 175 Å². The first-order valence-electron chi connectivity index (χ1n) is 8.17. The van der Waals surface area contributed by atoms with Crippen LogP contribution >= 0.6 is 39.0 Å². The number of fused-ring (bicyclic) bond motifs is 1. The predicted molar refractivity (Wildman–Crippen MR) is 113 cm³/mol. The second-order valence-electron chi connectivity index (χ2n) is 5.76. The van der Waals surface area contributed by atoms with E-state index in [-0.39, 0.29) is 12.5 Å². The van der Waals surface area contributed by atoms with Gasteiger partial charge in [-0.1, -0.05) is 69.4 Å². The number of amides is 1. The smallest absolute Gasteiger partial charge is 0.408 e. The molecule has 0 radical (unpaired) electrons. The van der Waals surface area contributed by atoms with Gasteiger partial charge in [0, 0.05) is 10.2 Å². The first kappa shape index (κ1) is 18.9. The highest BCUT2D eigenvalue weighted by atomic mass is 79.9. The normalized spacial score (nSPS) is 11.0. The minimum atomic E-state index is -0.584. The molecular formula is C18H13BrN4O3S2. The summed E-state index contributed by atoms with van der Waals surface area (Å²) in [5, 5.41) is 11.2. The maximum absolute atomic E-state index is 12.3. The van der Waals surface area contributed by atoms with Gasteiger partial charge >= 0.3 is 5.76 Å². The third-order valence-corrected chi connectivity index (χ3v) is 6.33. The van der Waals surface area contributed by atoms with E-state index in [9.17, 15) is 9.59 Å². The largest absolute Gasteiger partial charge is 0.420 e. The fourth-order valence-electron chi connectivity index (χ4n) is 2.53. The molecule has 4 rings (SSSR count). The van der Waals surface area contributed by atoms with Crippen LogP contribution < -0.4 is 11.1 Å². The van der Waals surface area contributed by atoms with Crippen LogP contribution in [0.25, 0.3) is 11.1 Å². The maximum Gasteiger partial charge on any atom is 0.420 e. The Morgan fingerprint density at radius 3 is 2.86 bits per heavy atom. The molecule has 0 saturated heterocycles. The summed E-state index contributed by atoms with van der Waals surface area (Å²) < 4.78 is 8.01. The second-order valence-corrected chi connectivity index (χ2v) is 8.88. The molecule has 1 N–H and O–H groups in total. The van der Waals surface area contributed by atoms with Crippen LogP contribution in [0.1, 0.15) is 5.56 Å². The third kappa shape index (κ3) is 4.34. The van der Waals surface area contributed by atoms with Crippen LogP contribution in [-0.2, 0) is 17.1 Å². The topological polar surface area (TPSA) is 90.0 Å². The van der Waals surface area contributed by atoms with Crippen molar-refractivity contribution in [2.45, 2.75) is 16.6 Å². The van der Waals surface area contributed by atoms with Crippen LogP contribution in [0.5, 0.6) is 0 Å². The molecule has 0 aliphatic rings. The molecule has 0 bridgehead atoms. The maximum atomic E-state index is 12.3. The molecule has 0 aliphatic heterocycles. The fourth-order valence-corrected chi connectivity index (χ4v) is 4.59. The van der Waals surface area contributed by atoms with Crippen molar-refractivity contribution in [3.63, 3.8) is 0 Å². The summed E-state index contributed by atoms with van der Waals surface area (Å²) in [5.41, 5.74) is 2.16. The van der Waals surface area contributed by atoms with Crippen molar-refractivity contribution in [1.29, 1.82) is 0 Å². The van der Waals surface area contributed by atoms with Gasteiger partial charge in [-0.05, 0) is 23.8 Å². The second kappa shape index (κ2) is 8.29. The van der Waals surface area contributed by atoms with Crippen molar-refractivity contribution in [1.82, 2.24) is 14.8 Å². The Hall–Kier alpha value is -2.43. The first-order valence-corrected chi connectivity index (χ1v) is 10.8. The molecule has 0 fully saturated rings. The predicted octanol–water partition coefficient (Wildman–Crippen LogP) is 4.14. The highest BCUT2D eigenvalue weighted by Gasteiger charge is 2.15. The van der Waals surface area contributed by atoms with Gasteiger partial charge in [0.15, 0.2) is 9.92 Å². The van der Waals surface area contributed by atoms with E-state index in [4.69, 9.17) is 4.42 Å². The van der Waals surface area contributed by atoms with E-state index in [0.29, 0.717) is 16.2 Å². The standard InChI is InChI=1S/C18H13BrN4O3S2/c19-12-6-7-13-14(8-12)26-18(25)23(13)9-15(24)20-16-21-22-17(28-16)27-10-11-4-2-1-3-5-11/h1-8H,9-10H2,(H,20,21,24). The summed E-state index contributed by atoms with van der Waals surface area (Å²) >= 11 is 6.17. The molecule has 7 nitrogen and oxygen atoms in total. The lowest BCUT2D eigenvalue weighted by Crippen LogP contribution is -2.24. The van der Waals surface area contributed by atoms with Crippen LogP contribution in [0.4, 0.5) is 5.13 Å². The van der Waals surface area contributed by atoms with E-state index in [1.54, 1.807) is 30.0 Å². The zero-order valence-corrected chi connectivity index (χ0v) is 17.5. The number of benzene rings is 2. The van der Waals surface area contributed by atoms with Crippen molar-refractivity contribution in [2.75, 3.05) is 5.32 Å². The molecule has 0 atom stereocenters. The summed E-state index contributed by atoms with van der Waals surface area (Å²) in [6.45, 7) is -0.167. The number of thioether (sulfide) groups is 1. The van der Waals surface area contributed by atoms with Gasteiger partial charge in [-0.3, -0.25) is 14.7 Å². The van der Waals surface area contributed by atoms with E-state index in [1.165, 1.54) is 21.5 Å². The van der Waals surface area contributed by atoms with E-state index in [1.807, 2.05) is 30.3 Å². The van der Waals surface area contributed by atoms with Gasteiger partial charge < -0.3 is 4.42 Å². The molecular weight excluding hydrogens is 464 g/mol. The number of carbonyl (C=O) groups excluding carboxylic acids is 1. The Balaban J connectivity index is 1.40. The Morgan fingerprint density at radius 2 is 2.04 bits per heavy atom. The number of nitrogens with zero attached hydrogens (tertiary/aromatic N) is 3. The lowest BCUT2D eigenvalue weighted by Gasteiger charge is -2.02. The highest BCUT2D eigenvalue weighted by Crippen LogP contribution is 2.28. The number of nitrogens with one attached hydrogen (secondary N) is 1. The summed E-state index contributed by atoms with van der Waals surface area (Å²) in [4.78, 5) is 24.4. The molecule has 2 aromatic heterocycles. The van der Waals surface area contributed by atoms with Gasteiger partial charge in [-0.2, -0.15) is 0 Å². The molecule has 0 spiro atoms. The van der Waals surface area contributed by atoms with Crippen LogP contribution in [0, 0.1) is 0 Å². The summed E-state index contributed by atoms with van der Waals surface area (Å²) in [5.74, 6) is -0.182. The molecule has 142 valence electrons. The number of rotatable bonds is 6. The molecule has 2 heterocycles. The Kier molecular flexibility index (Phi) is 5.60. The lowest BCUT2D eigenvalue weighted by molar-refractivity contribution is -0.116. The van der Waals surface area contributed by atoms with Gasteiger partial charge in [0.25, 0.3) is 0 Å². The third-order valence-electron chi connectivity index (χ3n) is 3.79. The van der Waals surface area contributed by atoms with Gasteiger partial charge in [0.05, 0.1) is 5.52 Å². The zero-order valence-electron chi connectivity index (χ0n) is 14.3. The Morgan fingerprint density at radius 1 is 1.21 bits per heavy atom. The van der Waals surface area contributed by atoms with Crippen molar-refractivity contribution < 1.29 is 9.21 Å². The quantitative estimate of drug-likeness (QED) is 0.332. The average Bonchev–Trinajstić information content (AvgIpc) is 3.25. The van der Waals surface area contributed by atoms with Crippen LogP contribution in [0.2, 0.25) is 0 Å². The van der Waals surface area contributed by atoms with Crippen molar-refractivity contribution >= 4 is 61.2 Å². The molecule has 0 aliphatic carbocycles. The summed E-state index contributed by atoms with van der Waals surface area (Å²) in [6.07, 6.45) is 0. The first-order chi connectivity index (χ1) is 13.6. The van der Waals surface area contributed by atoms with Crippen molar-refractivity contribution in [2.24, 2.45) is 0 Å². The van der Waals surface area contributed by atoms with Gasteiger partial charge in [-0.15, -0.1) is 10.2 Å². The molecule has 10 heteroatoms. The van der Waals surface area contributed by atoms with Crippen LogP contribution in [-0.4, -0.2) is 20.7 Å². The van der Waals surface area contributed by atoms with Gasteiger partial charge in [0.1, 0.15) is 6.54 Å². The Bertz CT molecular complexity index is 1190. The SMILES string of the molecule is O=C(Cn1c(=O)oc2cc(Br)ccc21)Nc1nnc(SCc2ccccc2)s1. The molecule has 4 aromatic rings. The average molecular weight is 477 g/mol. The number of hydrogen-bond acceptors (Lipinski definition) is 7. The van der Waals surface area contributed by atoms with Gasteiger partial charge in [0.2, 0.25) is 11.0 Å². The zero-order chi connectivity index (χ0) is 19.5. The minimum Gasteiger partial charge on any atom is -0.408 e. The summed E-state index contributed by atoms with van der Waals surface area (Å²) in [7, 11) is 0. The van der Waals surface area contributed by atoms with Crippen molar-refractivity contribution in [3.8, 4) is 0 Å². The molecule has 0 unspecified atom stereocenters. The summed E-state index contributed by atoms with van der Waals surface area (Å²) in [6, 6.07) is 15.2. The highest BCUT2D eigenvalue weighted by molar-refractivity contribution is 9.10. The molecule has 0 saturated carbocycles. The monoisotopic (exact) mass is 476 g/mol. The number of oxazole rings is 1. The molecule has 1 amide bonds. The number of anilines is 1. The number of aromatic nitrogens is 3.